The Bertz CT molecular complexity index is 825. The highest BCUT2D eigenvalue weighted by molar-refractivity contribution is 5.76. The number of carbonyl (C=O) groups is 1. The van der Waals surface area contributed by atoms with Crippen LogP contribution in [0.3, 0.4) is 0 Å². The molecular weight excluding hydrogens is 337 g/mol. The van der Waals surface area contributed by atoms with E-state index in [1.807, 2.05) is 23.1 Å². The normalized spacial score (nSPS) is 13.2. The van der Waals surface area contributed by atoms with Gasteiger partial charge in [-0.25, -0.2) is 4.39 Å². The molecule has 0 aliphatic carbocycles. The van der Waals surface area contributed by atoms with Gasteiger partial charge in [-0.2, -0.15) is 0 Å². The van der Waals surface area contributed by atoms with Crippen LogP contribution in [0.25, 0.3) is 0 Å². The predicted molar refractivity (Wildman–Crippen MR) is 96.3 cm³/mol. The zero-order valence-corrected chi connectivity index (χ0v) is 14.3. The number of nitrogens with zero attached hydrogens (tertiary/aromatic N) is 2. The Balaban J connectivity index is 1.45. The minimum absolute atomic E-state index is 0.0884. The quantitative estimate of drug-likeness (QED) is 0.488. The summed E-state index contributed by atoms with van der Waals surface area (Å²) in [7, 11) is 0. The average Bonchev–Trinajstić information content (AvgIpc) is 2.65. The minimum Gasteiger partial charge on any atom is -0.383 e. The van der Waals surface area contributed by atoms with Gasteiger partial charge in [0.1, 0.15) is 0 Å². The maximum absolute atomic E-state index is 13.8. The lowest BCUT2D eigenvalue weighted by atomic mass is 9.99. The summed E-state index contributed by atoms with van der Waals surface area (Å²) in [5.74, 6) is -0.580. The third-order valence-corrected chi connectivity index (χ3v) is 4.53. The molecule has 1 heterocycles. The van der Waals surface area contributed by atoms with Crippen LogP contribution in [0, 0.1) is 15.9 Å². The molecule has 2 aromatic carbocycles. The molecule has 26 heavy (non-hydrogen) atoms. The van der Waals surface area contributed by atoms with Gasteiger partial charge >= 0.3 is 0 Å². The van der Waals surface area contributed by atoms with Gasteiger partial charge in [-0.1, -0.05) is 24.3 Å². The monoisotopic (exact) mass is 357 g/mol. The molecule has 0 spiro atoms. The molecule has 0 atom stereocenters. The van der Waals surface area contributed by atoms with E-state index >= 15 is 0 Å². The number of halogens is 1. The second-order valence-corrected chi connectivity index (χ2v) is 6.29. The van der Waals surface area contributed by atoms with Crippen LogP contribution < -0.4 is 5.32 Å². The number of hydrogen-bond donors (Lipinski definition) is 1. The number of nitro groups is 1. The lowest BCUT2D eigenvalue weighted by Crippen LogP contribution is -2.35. The third kappa shape index (κ3) is 4.17. The molecule has 3 rings (SSSR count). The number of amides is 1. The molecule has 1 aliphatic heterocycles. The Hall–Kier alpha value is -2.96. The topological polar surface area (TPSA) is 75.5 Å². The number of carbonyl (C=O) groups excluding carboxylic acids is 1. The highest BCUT2D eigenvalue weighted by atomic mass is 19.1. The molecule has 0 saturated carbocycles. The Labute approximate surface area is 150 Å². The van der Waals surface area contributed by atoms with Crippen molar-refractivity contribution in [2.24, 2.45) is 0 Å². The van der Waals surface area contributed by atoms with Gasteiger partial charge in [-0.05, 0) is 30.0 Å². The van der Waals surface area contributed by atoms with Crippen molar-refractivity contribution >= 4 is 17.3 Å². The SMILES string of the molecule is O=C(CCCNc1ccc([N+](=O)[O-])cc1F)N1CCc2ccccc2C1. The molecular formula is C19H20FN3O3. The fraction of sp³-hybridized carbons (Fsp3) is 0.316. The number of rotatable bonds is 6. The first-order valence-corrected chi connectivity index (χ1v) is 8.57. The van der Waals surface area contributed by atoms with Crippen molar-refractivity contribution in [1.82, 2.24) is 4.90 Å². The van der Waals surface area contributed by atoms with E-state index in [4.69, 9.17) is 0 Å². The van der Waals surface area contributed by atoms with Crippen LogP contribution in [-0.2, 0) is 17.8 Å². The number of non-ortho nitro benzene ring substituents is 1. The van der Waals surface area contributed by atoms with Crippen LogP contribution in [-0.4, -0.2) is 28.8 Å². The van der Waals surface area contributed by atoms with E-state index in [1.165, 1.54) is 23.3 Å². The van der Waals surface area contributed by atoms with E-state index in [-0.39, 0.29) is 17.3 Å². The van der Waals surface area contributed by atoms with Crippen molar-refractivity contribution in [3.05, 3.63) is 69.5 Å². The van der Waals surface area contributed by atoms with Crippen LogP contribution in [0.4, 0.5) is 15.8 Å². The van der Waals surface area contributed by atoms with Gasteiger partial charge in [0.25, 0.3) is 5.69 Å². The zero-order valence-electron chi connectivity index (χ0n) is 14.3. The fourth-order valence-electron chi connectivity index (χ4n) is 3.09. The molecule has 6 nitrogen and oxygen atoms in total. The lowest BCUT2D eigenvalue weighted by Gasteiger charge is -2.29. The standard InChI is InChI=1S/C19H20FN3O3/c20-17-12-16(23(25)26)7-8-18(17)21-10-3-6-19(24)22-11-9-14-4-1-2-5-15(14)13-22/h1-2,4-5,7-8,12,21H,3,6,9-11,13H2. The summed E-state index contributed by atoms with van der Waals surface area (Å²) in [4.78, 5) is 24.2. The molecule has 0 bridgehead atoms. The Morgan fingerprint density at radius 3 is 2.73 bits per heavy atom. The van der Waals surface area contributed by atoms with Gasteiger partial charge in [0.05, 0.1) is 16.7 Å². The van der Waals surface area contributed by atoms with Gasteiger partial charge < -0.3 is 10.2 Å². The summed E-state index contributed by atoms with van der Waals surface area (Å²) >= 11 is 0. The van der Waals surface area contributed by atoms with E-state index in [0.717, 1.165) is 19.0 Å². The van der Waals surface area contributed by atoms with Crippen molar-refractivity contribution in [2.75, 3.05) is 18.4 Å². The van der Waals surface area contributed by atoms with Crippen LogP contribution in [0.15, 0.2) is 42.5 Å². The summed E-state index contributed by atoms with van der Waals surface area (Å²) in [6.45, 7) is 1.78. The van der Waals surface area contributed by atoms with E-state index in [2.05, 4.69) is 11.4 Å². The second kappa shape index (κ2) is 7.95. The molecule has 1 aliphatic rings. The van der Waals surface area contributed by atoms with Gasteiger partial charge in [-0.15, -0.1) is 0 Å². The molecule has 2 aromatic rings. The minimum atomic E-state index is -0.668. The number of anilines is 1. The first kappa shape index (κ1) is 17.8. The van der Waals surface area contributed by atoms with Gasteiger partial charge in [0.15, 0.2) is 5.82 Å². The van der Waals surface area contributed by atoms with Crippen molar-refractivity contribution in [2.45, 2.75) is 25.8 Å². The summed E-state index contributed by atoms with van der Waals surface area (Å²) < 4.78 is 13.8. The molecule has 0 aromatic heterocycles. The molecule has 0 unspecified atom stereocenters. The number of nitrogens with one attached hydrogen (secondary N) is 1. The summed E-state index contributed by atoms with van der Waals surface area (Å²) in [6, 6.07) is 11.6. The molecule has 0 radical (unpaired) electrons. The lowest BCUT2D eigenvalue weighted by molar-refractivity contribution is -0.385. The first-order valence-electron chi connectivity index (χ1n) is 8.57. The second-order valence-electron chi connectivity index (χ2n) is 6.29. The van der Waals surface area contributed by atoms with Crippen molar-refractivity contribution in [1.29, 1.82) is 0 Å². The summed E-state index contributed by atoms with van der Waals surface area (Å²) in [5.41, 5.74) is 2.41. The molecule has 7 heteroatoms. The van der Waals surface area contributed by atoms with Gasteiger partial charge in [-0.3, -0.25) is 14.9 Å². The molecule has 136 valence electrons. The maximum Gasteiger partial charge on any atom is 0.272 e. The molecule has 0 saturated heterocycles. The van der Waals surface area contributed by atoms with Crippen LogP contribution in [0.5, 0.6) is 0 Å². The number of nitro benzene ring substituents is 1. The molecule has 1 amide bonds. The van der Waals surface area contributed by atoms with Gasteiger partial charge in [0, 0.05) is 32.1 Å². The van der Waals surface area contributed by atoms with Crippen LogP contribution in [0.2, 0.25) is 0 Å². The van der Waals surface area contributed by atoms with Crippen molar-refractivity contribution in [3.63, 3.8) is 0 Å². The molecule has 0 fully saturated rings. The molecule has 1 N–H and O–H groups in total. The van der Waals surface area contributed by atoms with E-state index < -0.39 is 10.7 Å². The summed E-state index contributed by atoms with van der Waals surface area (Å²) in [5, 5.41) is 13.5. The third-order valence-electron chi connectivity index (χ3n) is 4.53. The zero-order chi connectivity index (χ0) is 18.5. The first-order chi connectivity index (χ1) is 12.5. The van der Waals surface area contributed by atoms with E-state index in [0.29, 0.717) is 25.9 Å². The van der Waals surface area contributed by atoms with E-state index in [9.17, 15) is 19.3 Å². The Morgan fingerprint density at radius 2 is 2.00 bits per heavy atom. The van der Waals surface area contributed by atoms with Gasteiger partial charge in [0.2, 0.25) is 5.91 Å². The fourth-order valence-corrected chi connectivity index (χ4v) is 3.09. The van der Waals surface area contributed by atoms with Crippen LogP contribution in [0.1, 0.15) is 24.0 Å². The Morgan fingerprint density at radius 1 is 1.23 bits per heavy atom. The summed E-state index contributed by atoms with van der Waals surface area (Å²) in [6.07, 6.45) is 1.81. The van der Waals surface area contributed by atoms with Crippen molar-refractivity contribution < 1.29 is 14.1 Å². The van der Waals surface area contributed by atoms with Crippen LogP contribution >= 0.6 is 0 Å². The Kier molecular flexibility index (Phi) is 5.46. The number of benzene rings is 2. The average molecular weight is 357 g/mol. The smallest absolute Gasteiger partial charge is 0.272 e. The van der Waals surface area contributed by atoms with Crippen molar-refractivity contribution in [3.8, 4) is 0 Å². The maximum atomic E-state index is 13.8. The number of hydrogen-bond acceptors (Lipinski definition) is 4. The number of fused-ring (bicyclic) bond motifs is 1. The largest absolute Gasteiger partial charge is 0.383 e. The van der Waals surface area contributed by atoms with E-state index in [1.54, 1.807) is 0 Å². The highest BCUT2D eigenvalue weighted by Gasteiger charge is 2.19. The predicted octanol–water partition coefficient (Wildman–Crippen LogP) is 3.51. The highest BCUT2D eigenvalue weighted by Crippen LogP contribution is 2.21.